The maximum Gasteiger partial charge on any atom is 0.387 e. The summed E-state index contributed by atoms with van der Waals surface area (Å²) in [6.07, 6.45) is 5.11. The molecule has 1 fully saturated rings. The van der Waals surface area contributed by atoms with Crippen LogP contribution in [0.25, 0.3) is 0 Å². The van der Waals surface area contributed by atoms with E-state index in [-0.39, 0.29) is 11.8 Å². The number of hydrogen-bond donors (Lipinski definition) is 1. The number of hydrogen-bond acceptors (Lipinski definition) is 2. The van der Waals surface area contributed by atoms with Gasteiger partial charge in [0.2, 0.25) is 0 Å². The van der Waals surface area contributed by atoms with Gasteiger partial charge in [0.25, 0.3) is 0 Å². The second kappa shape index (κ2) is 7.74. The summed E-state index contributed by atoms with van der Waals surface area (Å²) in [6.45, 7) is 2.47. The van der Waals surface area contributed by atoms with Crippen molar-refractivity contribution in [2.24, 2.45) is 11.8 Å². The van der Waals surface area contributed by atoms with Crippen LogP contribution < -0.4 is 10.1 Å². The summed E-state index contributed by atoms with van der Waals surface area (Å²) in [6, 6.07) is 7.03. The van der Waals surface area contributed by atoms with Crippen LogP contribution in [0.4, 0.5) is 8.78 Å². The number of nitrogens with one attached hydrogen (secondary N) is 1. The summed E-state index contributed by atoms with van der Waals surface area (Å²) < 4.78 is 29.5. The third-order valence-electron chi connectivity index (χ3n) is 4.45. The van der Waals surface area contributed by atoms with E-state index < -0.39 is 6.61 Å². The number of para-hydroxylation sites is 1. The lowest BCUT2D eigenvalue weighted by Crippen LogP contribution is -2.28. The van der Waals surface area contributed by atoms with Crippen LogP contribution in [0, 0.1) is 11.8 Å². The Balaban J connectivity index is 1.89. The topological polar surface area (TPSA) is 21.3 Å². The number of benzene rings is 1. The van der Waals surface area contributed by atoms with Crippen LogP contribution in [-0.4, -0.2) is 13.2 Å². The number of rotatable bonds is 6. The molecule has 0 spiro atoms. The van der Waals surface area contributed by atoms with Crippen LogP contribution >= 0.6 is 0 Å². The molecule has 0 radical (unpaired) electrons. The van der Waals surface area contributed by atoms with Crippen LogP contribution in [0.2, 0.25) is 0 Å². The molecule has 0 aliphatic heterocycles. The maximum atomic E-state index is 12.4. The zero-order valence-corrected chi connectivity index (χ0v) is 12.8. The molecule has 1 unspecified atom stereocenters. The molecule has 21 heavy (non-hydrogen) atoms. The quantitative estimate of drug-likeness (QED) is 0.817. The van der Waals surface area contributed by atoms with E-state index >= 15 is 0 Å². The van der Waals surface area contributed by atoms with Crippen LogP contribution in [0.15, 0.2) is 24.3 Å². The van der Waals surface area contributed by atoms with E-state index in [9.17, 15) is 8.78 Å². The highest BCUT2D eigenvalue weighted by Gasteiger charge is 2.20. The van der Waals surface area contributed by atoms with Crippen molar-refractivity contribution in [2.75, 3.05) is 6.54 Å². The second-order valence-corrected chi connectivity index (χ2v) is 6.17. The summed E-state index contributed by atoms with van der Waals surface area (Å²) >= 11 is 0. The molecule has 0 saturated heterocycles. The molecule has 1 saturated carbocycles. The smallest absolute Gasteiger partial charge is 0.387 e. The molecule has 2 rings (SSSR count). The Labute approximate surface area is 125 Å². The minimum absolute atomic E-state index is 0.0132. The van der Waals surface area contributed by atoms with E-state index in [4.69, 9.17) is 0 Å². The summed E-state index contributed by atoms with van der Waals surface area (Å²) in [4.78, 5) is 0. The van der Waals surface area contributed by atoms with Crippen molar-refractivity contribution in [3.05, 3.63) is 29.8 Å². The first-order chi connectivity index (χ1) is 10.1. The molecule has 1 aromatic rings. The van der Waals surface area contributed by atoms with E-state index in [0.717, 1.165) is 18.0 Å². The molecule has 0 aromatic heterocycles. The lowest BCUT2D eigenvalue weighted by atomic mass is 9.83. The molecule has 1 atom stereocenters. The van der Waals surface area contributed by atoms with Crippen molar-refractivity contribution in [3.63, 3.8) is 0 Å². The Kier molecular flexibility index (Phi) is 5.97. The van der Waals surface area contributed by atoms with E-state index in [1.54, 1.807) is 12.1 Å². The van der Waals surface area contributed by atoms with Crippen molar-refractivity contribution < 1.29 is 13.5 Å². The SMILES string of the molecule is CC1CCC(CNC(C)c2ccccc2OC(F)F)CC1. The summed E-state index contributed by atoms with van der Waals surface area (Å²) in [7, 11) is 0. The third-order valence-corrected chi connectivity index (χ3v) is 4.45. The van der Waals surface area contributed by atoms with Crippen LogP contribution in [0.5, 0.6) is 5.75 Å². The first-order valence-corrected chi connectivity index (χ1v) is 7.83. The van der Waals surface area contributed by atoms with Crippen LogP contribution in [0.1, 0.15) is 51.1 Å². The second-order valence-electron chi connectivity index (χ2n) is 6.17. The largest absolute Gasteiger partial charge is 0.434 e. The standard InChI is InChI=1S/C17H25F2NO/c1-12-7-9-14(10-8-12)11-20-13(2)15-5-3-4-6-16(15)21-17(18)19/h3-6,12-14,17,20H,7-11H2,1-2H3. The van der Waals surface area contributed by atoms with Gasteiger partial charge in [-0.25, -0.2) is 0 Å². The highest BCUT2D eigenvalue weighted by atomic mass is 19.3. The fourth-order valence-corrected chi connectivity index (χ4v) is 3.03. The molecular formula is C17H25F2NO. The average molecular weight is 297 g/mol. The van der Waals surface area contributed by atoms with Crippen molar-refractivity contribution in [2.45, 2.75) is 52.2 Å². The van der Waals surface area contributed by atoms with Crippen LogP contribution in [0.3, 0.4) is 0 Å². The van der Waals surface area contributed by atoms with Gasteiger partial charge in [-0.15, -0.1) is 0 Å². The van der Waals surface area contributed by atoms with Crippen molar-refractivity contribution >= 4 is 0 Å². The molecule has 0 heterocycles. The minimum Gasteiger partial charge on any atom is -0.434 e. The molecule has 0 amide bonds. The van der Waals surface area contributed by atoms with E-state index in [2.05, 4.69) is 17.0 Å². The number of alkyl halides is 2. The molecule has 1 aliphatic rings. The molecule has 1 aliphatic carbocycles. The Bertz CT molecular complexity index is 431. The Hall–Kier alpha value is -1.16. The molecular weight excluding hydrogens is 272 g/mol. The predicted molar refractivity (Wildman–Crippen MR) is 80.6 cm³/mol. The van der Waals surface area contributed by atoms with Crippen molar-refractivity contribution in [1.29, 1.82) is 0 Å². The monoisotopic (exact) mass is 297 g/mol. The Morgan fingerprint density at radius 3 is 2.52 bits per heavy atom. The zero-order valence-electron chi connectivity index (χ0n) is 12.8. The first-order valence-electron chi connectivity index (χ1n) is 7.83. The summed E-state index contributed by atoms with van der Waals surface area (Å²) in [5.74, 6) is 1.82. The summed E-state index contributed by atoms with van der Waals surface area (Å²) in [5, 5.41) is 3.47. The third kappa shape index (κ3) is 4.95. The number of ether oxygens (including phenoxy) is 1. The fraction of sp³-hybridized carbons (Fsp3) is 0.647. The molecule has 1 aromatic carbocycles. The Morgan fingerprint density at radius 2 is 1.86 bits per heavy atom. The normalized spacial score (nSPS) is 24.0. The molecule has 2 nitrogen and oxygen atoms in total. The lowest BCUT2D eigenvalue weighted by molar-refractivity contribution is -0.0506. The first kappa shape index (κ1) is 16.2. The van der Waals surface area contributed by atoms with Gasteiger partial charge < -0.3 is 10.1 Å². The highest BCUT2D eigenvalue weighted by molar-refractivity contribution is 5.35. The molecule has 4 heteroatoms. The van der Waals surface area contributed by atoms with Gasteiger partial charge in [-0.1, -0.05) is 38.0 Å². The Morgan fingerprint density at radius 1 is 1.19 bits per heavy atom. The van der Waals surface area contributed by atoms with Gasteiger partial charge in [-0.3, -0.25) is 0 Å². The average Bonchev–Trinajstić information content (AvgIpc) is 2.46. The maximum absolute atomic E-state index is 12.4. The number of halogens is 2. The predicted octanol–water partition coefficient (Wildman–Crippen LogP) is 4.76. The van der Waals surface area contributed by atoms with Gasteiger partial charge in [0.15, 0.2) is 0 Å². The van der Waals surface area contributed by atoms with Gasteiger partial charge in [-0.05, 0) is 44.2 Å². The van der Waals surface area contributed by atoms with Gasteiger partial charge in [-0.2, -0.15) is 8.78 Å². The minimum atomic E-state index is -2.78. The zero-order chi connectivity index (χ0) is 15.2. The molecule has 0 bridgehead atoms. The molecule has 1 N–H and O–H groups in total. The lowest BCUT2D eigenvalue weighted by Gasteiger charge is -2.28. The van der Waals surface area contributed by atoms with Gasteiger partial charge in [0.05, 0.1) is 0 Å². The van der Waals surface area contributed by atoms with Crippen molar-refractivity contribution in [1.82, 2.24) is 5.32 Å². The van der Waals surface area contributed by atoms with E-state index in [0.29, 0.717) is 5.92 Å². The van der Waals surface area contributed by atoms with Gasteiger partial charge >= 0.3 is 6.61 Å². The van der Waals surface area contributed by atoms with Gasteiger partial charge in [0.1, 0.15) is 5.75 Å². The van der Waals surface area contributed by atoms with Crippen molar-refractivity contribution in [3.8, 4) is 5.75 Å². The fourth-order valence-electron chi connectivity index (χ4n) is 3.03. The van der Waals surface area contributed by atoms with E-state index in [1.165, 1.54) is 25.7 Å². The van der Waals surface area contributed by atoms with Gasteiger partial charge in [0, 0.05) is 11.6 Å². The molecule has 118 valence electrons. The summed E-state index contributed by atoms with van der Waals surface area (Å²) in [5.41, 5.74) is 0.793. The highest BCUT2D eigenvalue weighted by Crippen LogP contribution is 2.30. The van der Waals surface area contributed by atoms with E-state index in [1.807, 2.05) is 19.1 Å². The van der Waals surface area contributed by atoms with Crippen LogP contribution in [-0.2, 0) is 0 Å².